The maximum Gasteiger partial charge on any atom is 0.340 e. The molecule has 0 saturated heterocycles. The van der Waals surface area contributed by atoms with Gasteiger partial charge in [-0.2, -0.15) is 0 Å². The first kappa shape index (κ1) is 21.9. The summed E-state index contributed by atoms with van der Waals surface area (Å²) in [5.41, 5.74) is 1.90. The molecule has 0 aliphatic rings. The molecular weight excluding hydrogens is 378 g/mol. The van der Waals surface area contributed by atoms with Gasteiger partial charge in [-0.15, -0.1) is 0 Å². The first-order valence-corrected chi connectivity index (χ1v) is 9.01. The second-order valence-electron chi connectivity index (χ2n) is 6.33. The number of hydrogen-bond acceptors (Lipinski definition) is 7. The number of nitrogens with one attached hydrogen (secondary N) is 1. The molecule has 0 saturated carbocycles. The van der Waals surface area contributed by atoms with E-state index in [4.69, 9.17) is 9.47 Å². The van der Waals surface area contributed by atoms with Crippen molar-refractivity contribution in [1.82, 2.24) is 4.98 Å². The van der Waals surface area contributed by atoms with Crippen molar-refractivity contribution in [2.45, 2.75) is 33.8 Å². The largest absolute Gasteiger partial charge is 0.465 e. The van der Waals surface area contributed by atoms with E-state index in [0.29, 0.717) is 16.8 Å². The molecule has 1 aromatic heterocycles. The Hall–Kier alpha value is -3.42. The van der Waals surface area contributed by atoms with Gasteiger partial charge < -0.3 is 19.2 Å². The van der Waals surface area contributed by atoms with Crippen LogP contribution in [0.3, 0.4) is 0 Å². The normalized spacial score (nSPS) is 11.5. The summed E-state index contributed by atoms with van der Waals surface area (Å²) < 4.78 is 14.9. The van der Waals surface area contributed by atoms with Crippen LogP contribution in [0.4, 0.5) is 0 Å². The van der Waals surface area contributed by atoms with Crippen LogP contribution < -0.4 is 0 Å². The molecule has 2 aromatic rings. The number of carbonyl (C=O) groups is 4. The Morgan fingerprint density at radius 1 is 0.966 bits per heavy atom. The lowest BCUT2D eigenvalue weighted by atomic mass is 10.1. The first-order chi connectivity index (χ1) is 13.7. The van der Waals surface area contributed by atoms with Crippen molar-refractivity contribution >= 4 is 23.7 Å². The smallest absolute Gasteiger partial charge is 0.340 e. The van der Waals surface area contributed by atoms with Crippen molar-refractivity contribution in [2.75, 3.05) is 13.7 Å². The highest BCUT2D eigenvalue weighted by molar-refractivity contribution is 6.04. The molecule has 1 heterocycles. The summed E-state index contributed by atoms with van der Waals surface area (Å²) in [6, 6.07) is 5.68. The highest BCUT2D eigenvalue weighted by atomic mass is 16.5. The zero-order valence-corrected chi connectivity index (χ0v) is 17.0. The number of aryl methyl sites for hydroxylation is 1. The molecule has 1 unspecified atom stereocenters. The van der Waals surface area contributed by atoms with Gasteiger partial charge in [0.2, 0.25) is 5.78 Å². The Morgan fingerprint density at radius 3 is 2.03 bits per heavy atom. The molecule has 154 valence electrons. The SMILES string of the molecule is CCOC(=O)c1c(C)[nH]c(C(=O)C(C)OC(=O)c2ccc(C(=O)OC)cc2)c1C. The summed E-state index contributed by atoms with van der Waals surface area (Å²) in [5, 5.41) is 0. The van der Waals surface area contributed by atoms with E-state index in [-0.39, 0.29) is 23.4 Å². The van der Waals surface area contributed by atoms with Crippen LogP contribution in [-0.2, 0) is 14.2 Å². The lowest BCUT2D eigenvalue weighted by Crippen LogP contribution is -2.25. The number of esters is 3. The molecule has 0 spiro atoms. The zero-order chi connectivity index (χ0) is 21.7. The Kier molecular flexibility index (Phi) is 6.93. The fourth-order valence-corrected chi connectivity index (χ4v) is 2.85. The molecule has 0 aliphatic carbocycles. The van der Waals surface area contributed by atoms with Gasteiger partial charge in [0.1, 0.15) is 0 Å². The number of rotatable bonds is 7. The predicted molar refractivity (Wildman–Crippen MR) is 103 cm³/mol. The lowest BCUT2D eigenvalue weighted by molar-refractivity contribution is 0.0316. The number of benzene rings is 1. The number of Topliss-reactive ketones (excluding diaryl/α,β-unsaturated/α-hetero) is 1. The van der Waals surface area contributed by atoms with Gasteiger partial charge in [0.15, 0.2) is 6.10 Å². The van der Waals surface area contributed by atoms with Crippen molar-refractivity contribution in [3.8, 4) is 0 Å². The van der Waals surface area contributed by atoms with E-state index in [2.05, 4.69) is 9.72 Å². The van der Waals surface area contributed by atoms with Crippen LogP contribution in [0.15, 0.2) is 24.3 Å². The van der Waals surface area contributed by atoms with Crippen LogP contribution in [0, 0.1) is 13.8 Å². The molecule has 0 fully saturated rings. The van der Waals surface area contributed by atoms with Crippen molar-refractivity contribution < 1.29 is 33.4 Å². The molecule has 8 nitrogen and oxygen atoms in total. The summed E-state index contributed by atoms with van der Waals surface area (Å²) >= 11 is 0. The van der Waals surface area contributed by atoms with Gasteiger partial charge in [0.25, 0.3) is 0 Å². The Balaban J connectivity index is 2.15. The summed E-state index contributed by atoms with van der Waals surface area (Å²) in [7, 11) is 1.26. The van der Waals surface area contributed by atoms with Crippen molar-refractivity contribution in [3.63, 3.8) is 0 Å². The number of ether oxygens (including phenoxy) is 3. The van der Waals surface area contributed by atoms with E-state index in [9.17, 15) is 19.2 Å². The number of hydrogen-bond donors (Lipinski definition) is 1. The monoisotopic (exact) mass is 401 g/mol. The Labute approximate surface area is 168 Å². The minimum atomic E-state index is -1.09. The fraction of sp³-hybridized carbons (Fsp3) is 0.333. The fourth-order valence-electron chi connectivity index (χ4n) is 2.85. The predicted octanol–water partition coefficient (Wildman–Crippen LogP) is 3.02. The van der Waals surface area contributed by atoms with Crippen LogP contribution in [0.2, 0.25) is 0 Å². The van der Waals surface area contributed by atoms with E-state index in [1.54, 1.807) is 20.8 Å². The first-order valence-electron chi connectivity index (χ1n) is 9.01. The number of methoxy groups -OCH3 is 1. The van der Waals surface area contributed by atoms with Crippen LogP contribution in [0.1, 0.15) is 66.7 Å². The van der Waals surface area contributed by atoms with Crippen molar-refractivity contribution in [3.05, 3.63) is 57.9 Å². The molecule has 1 atom stereocenters. The van der Waals surface area contributed by atoms with Gasteiger partial charge in [-0.1, -0.05) is 0 Å². The number of ketones is 1. The quantitative estimate of drug-likeness (QED) is 0.431. The number of aromatic nitrogens is 1. The van der Waals surface area contributed by atoms with Crippen LogP contribution in [0.25, 0.3) is 0 Å². The molecule has 1 aromatic carbocycles. The van der Waals surface area contributed by atoms with Gasteiger partial charge in [0.05, 0.1) is 36.1 Å². The highest BCUT2D eigenvalue weighted by Gasteiger charge is 2.27. The second kappa shape index (κ2) is 9.18. The molecule has 2 rings (SSSR count). The van der Waals surface area contributed by atoms with Crippen LogP contribution in [0.5, 0.6) is 0 Å². The van der Waals surface area contributed by atoms with E-state index in [1.807, 2.05) is 0 Å². The Morgan fingerprint density at radius 2 is 1.52 bits per heavy atom. The molecule has 29 heavy (non-hydrogen) atoms. The Bertz CT molecular complexity index is 941. The van der Waals surface area contributed by atoms with Gasteiger partial charge in [-0.05, 0) is 57.5 Å². The second-order valence-corrected chi connectivity index (χ2v) is 6.33. The summed E-state index contributed by atoms with van der Waals surface area (Å²) in [4.78, 5) is 51.5. The third-order valence-corrected chi connectivity index (χ3v) is 4.36. The van der Waals surface area contributed by atoms with Crippen molar-refractivity contribution in [2.24, 2.45) is 0 Å². The third-order valence-electron chi connectivity index (χ3n) is 4.36. The number of carbonyl (C=O) groups excluding carboxylic acids is 4. The maximum atomic E-state index is 12.7. The average Bonchev–Trinajstić information content (AvgIpc) is 3.00. The van der Waals surface area contributed by atoms with E-state index in [1.165, 1.54) is 38.3 Å². The molecule has 8 heteroatoms. The highest BCUT2D eigenvalue weighted by Crippen LogP contribution is 2.21. The number of aromatic amines is 1. The minimum absolute atomic E-state index is 0.184. The summed E-state index contributed by atoms with van der Waals surface area (Å²) in [5.74, 6) is -2.23. The van der Waals surface area contributed by atoms with Crippen LogP contribution in [-0.4, -0.2) is 48.5 Å². The lowest BCUT2D eigenvalue weighted by Gasteiger charge is -2.12. The molecular formula is C21H23NO7. The van der Waals surface area contributed by atoms with Gasteiger partial charge in [-0.25, -0.2) is 14.4 Å². The minimum Gasteiger partial charge on any atom is -0.465 e. The zero-order valence-electron chi connectivity index (χ0n) is 17.0. The van der Waals surface area contributed by atoms with Crippen LogP contribution >= 0.6 is 0 Å². The van der Waals surface area contributed by atoms with Crippen molar-refractivity contribution in [1.29, 1.82) is 0 Å². The molecule has 0 amide bonds. The van der Waals surface area contributed by atoms with Gasteiger partial charge in [-0.3, -0.25) is 4.79 Å². The number of H-pyrrole nitrogens is 1. The standard InChI is InChI=1S/C21H23NO7/c1-6-28-21(26)16-11(2)17(22-12(16)3)18(23)13(4)29-20(25)15-9-7-14(8-10-15)19(24)27-5/h7-10,13,22H,6H2,1-5H3. The molecule has 0 radical (unpaired) electrons. The van der Waals surface area contributed by atoms with Gasteiger partial charge in [0, 0.05) is 5.69 Å². The molecule has 0 aliphatic heterocycles. The summed E-state index contributed by atoms with van der Waals surface area (Å²) in [6.07, 6.45) is -1.09. The average molecular weight is 401 g/mol. The maximum absolute atomic E-state index is 12.7. The third kappa shape index (κ3) is 4.71. The van der Waals surface area contributed by atoms with E-state index >= 15 is 0 Å². The molecule has 1 N–H and O–H groups in total. The van der Waals surface area contributed by atoms with E-state index < -0.39 is 29.8 Å². The molecule has 0 bridgehead atoms. The summed E-state index contributed by atoms with van der Waals surface area (Å²) in [6.45, 7) is 6.65. The van der Waals surface area contributed by atoms with E-state index in [0.717, 1.165) is 0 Å². The van der Waals surface area contributed by atoms with Gasteiger partial charge >= 0.3 is 17.9 Å². The topological polar surface area (TPSA) is 112 Å².